The van der Waals surface area contributed by atoms with Gasteiger partial charge in [0.25, 0.3) is 5.91 Å². The van der Waals surface area contributed by atoms with Gasteiger partial charge in [0.2, 0.25) is 0 Å². The SMILES string of the molecule is O=C(Nc1ccccc1N1CCCCC1)c1csc(C2CCN(C/C=C/c3ccco3)CC2)n1. The number of piperidine rings is 2. The lowest BCUT2D eigenvalue weighted by molar-refractivity contribution is 0.102. The zero-order valence-corrected chi connectivity index (χ0v) is 20.3. The number of thiazole rings is 1. The number of furan rings is 1. The highest BCUT2D eigenvalue weighted by Gasteiger charge is 2.24. The van der Waals surface area contributed by atoms with E-state index in [4.69, 9.17) is 9.40 Å². The number of para-hydroxylation sites is 2. The van der Waals surface area contributed by atoms with Crippen LogP contribution < -0.4 is 10.2 Å². The summed E-state index contributed by atoms with van der Waals surface area (Å²) in [4.78, 5) is 22.6. The number of rotatable bonds is 7. The fourth-order valence-electron chi connectivity index (χ4n) is 4.82. The molecule has 0 radical (unpaired) electrons. The third kappa shape index (κ3) is 5.59. The van der Waals surface area contributed by atoms with E-state index in [9.17, 15) is 4.79 Å². The molecule has 5 rings (SSSR count). The molecule has 2 aromatic heterocycles. The van der Waals surface area contributed by atoms with E-state index >= 15 is 0 Å². The van der Waals surface area contributed by atoms with Crippen molar-refractivity contribution >= 4 is 34.7 Å². The fraction of sp³-hybridized carbons (Fsp3) is 0.407. The van der Waals surface area contributed by atoms with Crippen LogP contribution in [0.15, 0.2) is 58.5 Å². The number of anilines is 2. The highest BCUT2D eigenvalue weighted by Crippen LogP contribution is 2.32. The van der Waals surface area contributed by atoms with Crippen LogP contribution in [0.2, 0.25) is 0 Å². The van der Waals surface area contributed by atoms with Gasteiger partial charge in [-0.15, -0.1) is 11.3 Å². The maximum Gasteiger partial charge on any atom is 0.275 e. The van der Waals surface area contributed by atoms with Gasteiger partial charge in [-0.1, -0.05) is 18.2 Å². The van der Waals surface area contributed by atoms with Crippen molar-refractivity contribution in [1.29, 1.82) is 0 Å². The molecule has 2 saturated heterocycles. The maximum atomic E-state index is 13.0. The molecule has 1 aromatic carbocycles. The lowest BCUT2D eigenvalue weighted by Gasteiger charge is -2.30. The largest absolute Gasteiger partial charge is 0.465 e. The maximum absolute atomic E-state index is 13.0. The lowest BCUT2D eigenvalue weighted by atomic mass is 9.97. The second kappa shape index (κ2) is 11.0. The van der Waals surface area contributed by atoms with Crippen LogP contribution in [-0.2, 0) is 0 Å². The minimum Gasteiger partial charge on any atom is -0.465 e. The normalized spacial score (nSPS) is 17.9. The number of nitrogens with zero attached hydrogens (tertiary/aromatic N) is 3. The van der Waals surface area contributed by atoms with E-state index in [0.717, 1.165) is 67.7 Å². The quantitative estimate of drug-likeness (QED) is 0.462. The van der Waals surface area contributed by atoms with Gasteiger partial charge >= 0.3 is 0 Å². The molecule has 4 heterocycles. The minimum absolute atomic E-state index is 0.118. The molecular formula is C27H32N4O2S. The number of hydrogen-bond acceptors (Lipinski definition) is 6. The molecule has 6 nitrogen and oxygen atoms in total. The molecule has 0 bridgehead atoms. The predicted molar refractivity (Wildman–Crippen MR) is 139 cm³/mol. The van der Waals surface area contributed by atoms with Crippen molar-refractivity contribution < 1.29 is 9.21 Å². The molecular weight excluding hydrogens is 444 g/mol. The van der Waals surface area contributed by atoms with Crippen LogP contribution in [0.3, 0.4) is 0 Å². The molecule has 2 aliphatic heterocycles. The summed E-state index contributed by atoms with van der Waals surface area (Å²) >= 11 is 1.62. The Morgan fingerprint density at radius 1 is 1.09 bits per heavy atom. The molecule has 7 heteroatoms. The van der Waals surface area contributed by atoms with E-state index in [0.29, 0.717) is 11.6 Å². The van der Waals surface area contributed by atoms with Crippen LogP contribution in [0.4, 0.5) is 11.4 Å². The molecule has 0 unspecified atom stereocenters. The first-order chi connectivity index (χ1) is 16.8. The Labute approximate surface area is 205 Å². The standard InChI is InChI=1S/C27H32N4O2S/c32-26(28-23-10-2-3-11-25(23)31-15-4-1-5-16-31)24-20-34-27(29-24)21-12-17-30(18-13-21)14-6-8-22-9-7-19-33-22/h2-3,6-11,19-21H,1,4-5,12-18H2,(H,28,32)/b8-6+. The second-order valence-corrected chi connectivity index (χ2v) is 9.97. The van der Waals surface area contributed by atoms with Crippen molar-refractivity contribution in [3.63, 3.8) is 0 Å². The molecule has 1 amide bonds. The van der Waals surface area contributed by atoms with E-state index in [1.807, 2.05) is 41.8 Å². The third-order valence-electron chi connectivity index (χ3n) is 6.73. The zero-order valence-electron chi connectivity index (χ0n) is 19.5. The average Bonchev–Trinajstić information content (AvgIpc) is 3.58. The van der Waals surface area contributed by atoms with Gasteiger partial charge in [-0.05, 0) is 75.5 Å². The van der Waals surface area contributed by atoms with Crippen molar-refractivity contribution in [3.05, 3.63) is 70.6 Å². The molecule has 3 aromatic rings. The average molecular weight is 477 g/mol. The van der Waals surface area contributed by atoms with Crippen LogP contribution in [0.25, 0.3) is 6.08 Å². The molecule has 178 valence electrons. The summed E-state index contributed by atoms with van der Waals surface area (Å²) in [6.45, 7) is 5.10. The van der Waals surface area contributed by atoms with Gasteiger partial charge in [0.1, 0.15) is 11.5 Å². The van der Waals surface area contributed by atoms with Crippen molar-refractivity contribution in [2.24, 2.45) is 0 Å². The van der Waals surface area contributed by atoms with Gasteiger partial charge in [-0.3, -0.25) is 9.69 Å². The monoisotopic (exact) mass is 476 g/mol. The van der Waals surface area contributed by atoms with Crippen molar-refractivity contribution in [2.45, 2.75) is 38.0 Å². The van der Waals surface area contributed by atoms with Crippen LogP contribution in [0, 0.1) is 0 Å². The van der Waals surface area contributed by atoms with Crippen molar-refractivity contribution in [1.82, 2.24) is 9.88 Å². The van der Waals surface area contributed by atoms with Gasteiger partial charge in [-0.2, -0.15) is 0 Å². The number of aromatic nitrogens is 1. The fourth-order valence-corrected chi connectivity index (χ4v) is 5.79. The third-order valence-corrected chi connectivity index (χ3v) is 7.74. The number of nitrogens with one attached hydrogen (secondary N) is 1. The summed E-state index contributed by atoms with van der Waals surface area (Å²) in [6, 6.07) is 12.0. The topological polar surface area (TPSA) is 61.6 Å². The highest BCUT2D eigenvalue weighted by atomic mass is 32.1. The number of amides is 1. The molecule has 0 saturated carbocycles. The smallest absolute Gasteiger partial charge is 0.275 e. The Kier molecular flexibility index (Phi) is 7.41. The van der Waals surface area contributed by atoms with Crippen molar-refractivity contribution in [3.8, 4) is 0 Å². The van der Waals surface area contributed by atoms with Gasteiger partial charge in [-0.25, -0.2) is 4.98 Å². The zero-order chi connectivity index (χ0) is 23.2. The summed E-state index contributed by atoms with van der Waals surface area (Å²) in [5.74, 6) is 1.20. The van der Waals surface area contributed by atoms with E-state index < -0.39 is 0 Å². The molecule has 2 aliphatic rings. The minimum atomic E-state index is -0.118. The first-order valence-electron chi connectivity index (χ1n) is 12.3. The van der Waals surface area contributed by atoms with E-state index in [-0.39, 0.29) is 5.91 Å². The molecule has 0 spiro atoms. The molecule has 1 N–H and O–H groups in total. The van der Waals surface area contributed by atoms with Crippen LogP contribution in [-0.4, -0.2) is 48.5 Å². The Bertz CT molecular complexity index is 1090. The van der Waals surface area contributed by atoms with Crippen LogP contribution in [0.1, 0.15) is 59.3 Å². The summed E-state index contributed by atoms with van der Waals surface area (Å²) in [5.41, 5.74) is 2.51. The Morgan fingerprint density at radius 3 is 2.71 bits per heavy atom. The van der Waals surface area contributed by atoms with E-state index in [2.05, 4.69) is 27.3 Å². The van der Waals surface area contributed by atoms with E-state index in [1.165, 1.54) is 19.3 Å². The summed E-state index contributed by atoms with van der Waals surface area (Å²) in [7, 11) is 0. The molecule has 0 aliphatic carbocycles. The number of carbonyl (C=O) groups excluding carboxylic acids is 1. The molecule has 34 heavy (non-hydrogen) atoms. The number of benzene rings is 1. The highest BCUT2D eigenvalue weighted by molar-refractivity contribution is 7.10. The first kappa shape index (κ1) is 22.9. The number of likely N-dealkylation sites (tertiary alicyclic amines) is 1. The summed E-state index contributed by atoms with van der Waals surface area (Å²) < 4.78 is 5.35. The summed E-state index contributed by atoms with van der Waals surface area (Å²) in [6.07, 6.45) is 11.7. The van der Waals surface area contributed by atoms with Gasteiger partial charge in [0, 0.05) is 30.9 Å². The molecule has 0 atom stereocenters. The summed E-state index contributed by atoms with van der Waals surface area (Å²) in [5, 5.41) is 6.12. The second-order valence-electron chi connectivity index (χ2n) is 9.08. The van der Waals surface area contributed by atoms with Crippen LogP contribution >= 0.6 is 11.3 Å². The number of hydrogen-bond donors (Lipinski definition) is 1. The van der Waals surface area contributed by atoms with Crippen molar-refractivity contribution in [2.75, 3.05) is 42.9 Å². The lowest BCUT2D eigenvalue weighted by Crippen LogP contribution is -2.33. The Balaban J connectivity index is 1.15. The number of carbonyl (C=O) groups is 1. The van der Waals surface area contributed by atoms with Gasteiger partial charge < -0.3 is 14.6 Å². The molecule has 2 fully saturated rings. The van der Waals surface area contributed by atoms with E-state index in [1.54, 1.807) is 17.6 Å². The van der Waals surface area contributed by atoms with Gasteiger partial charge in [0.15, 0.2) is 0 Å². The first-order valence-corrected chi connectivity index (χ1v) is 13.2. The Hall–Kier alpha value is -2.90. The van der Waals surface area contributed by atoms with Gasteiger partial charge in [0.05, 0.1) is 22.6 Å². The Morgan fingerprint density at radius 2 is 1.91 bits per heavy atom. The van der Waals surface area contributed by atoms with Crippen LogP contribution in [0.5, 0.6) is 0 Å². The predicted octanol–water partition coefficient (Wildman–Crippen LogP) is 5.87.